The van der Waals surface area contributed by atoms with Crippen molar-refractivity contribution < 1.29 is 4.79 Å². The molecule has 1 aliphatic rings. The standard InChI is InChI=1S/C10H15NO/c1-3-5-9-8(4-2)6-7-10(12)11-9/h4-5H,3,6-7H2,1-2H3,(H,11,12)/b8-4-,9-5+. The highest BCUT2D eigenvalue weighted by Gasteiger charge is 2.15. The Morgan fingerprint density at radius 1 is 1.50 bits per heavy atom. The number of allylic oxidation sites excluding steroid dienone is 3. The first-order valence-electron chi connectivity index (χ1n) is 4.43. The van der Waals surface area contributed by atoms with E-state index in [1.165, 1.54) is 5.57 Å². The molecule has 2 nitrogen and oxygen atoms in total. The van der Waals surface area contributed by atoms with Crippen molar-refractivity contribution in [1.29, 1.82) is 0 Å². The van der Waals surface area contributed by atoms with Gasteiger partial charge in [-0.15, -0.1) is 0 Å². The third kappa shape index (κ3) is 1.97. The van der Waals surface area contributed by atoms with Crippen LogP contribution in [0.3, 0.4) is 0 Å². The van der Waals surface area contributed by atoms with Crippen molar-refractivity contribution in [3.05, 3.63) is 23.4 Å². The van der Waals surface area contributed by atoms with Crippen LogP contribution < -0.4 is 5.32 Å². The van der Waals surface area contributed by atoms with Gasteiger partial charge in [0.15, 0.2) is 0 Å². The van der Waals surface area contributed by atoms with Gasteiger partial charge in [-0.2, -0.15) is 0 Å². The Morgan fingerprint density at radius 3 is 2.83 bits per heavy atom. The molecule has 2 heteroatoms. The summed E-state index contributed by atoms with van der Waals surface area (Å²) >= 11 is 0. The summed E-state index contributed by atoms with van der Waals surface area (Å²) < 4.78 is 0. The molecule has 1 N–H and O–H groups in total. The molecule has 1 amide bonds. The van der Waals surface area contributed by atoms with Gasteiger partial charge in [0.25, 0.3) is 0 Å². The summed E-state index contributed by atoms with van der Waals surface area (Å²) in [5.41, 5.74) is 2.27. The lowest BCUT2D eigenvalue weighted by Crippen LogP contribution is -2.28. The number of carbonyl (C=O) groups excluding carboxylic acids is 1. The SMILES string of the molecule is C/C=C1/CCC(=O)N/C1=C/CC. The Morgan fingerprint density at radius 2 is 2.25 bits per heavy atom. The second kappa shape index (κ2) is 4.10. The summed E-state index contributed by atoms with van der Waals surface area (Å²) in [7, 11) is 0. The van der Waals surface area contributed by atoms with E-state index in [1.54, 1.807) is 0 Å². The van der Waals surface area contributed by atoms with Gasteiger partial charge < -0.3 is 5.32 Å². The van der Waals surface area contributed by atoms with Gasteiger partial charge in [0.05, 0.1) is 0 Å². The van der Waals surface area contributed by atoms with Crippen LogP contribution in [-0.4, -0.2) is 5.91 Å². The van der Waals surface area contributed by atoms with Gasteiger partial charge in [-0.1, -0.05) is 19.1 Å². The van der Waals surface area contributed by atoms with Crippen molar-refractivity contribution in [2.75, 3.05) is 0 Å². The molecule has 0 spiro atoms. The topological polar surface area (TPSA) is 29.1 Å². The van der Waals surface area contributed by atoms with Crippen LogP contribution in [0.4, 0.5) is 0 Å². The average molecular weight is 165 g/mol. The van der Waals surface area contributed by atoms with E-state index in [9.17, 15) is 4.79 Å². The van der Waals surface area contributed by atoms with Crippen molar-refractivity contribution in [3.8, 4) is 0 Å². The molecule has 66 valence electrons. The number of rotatable bonds is 1. The van der Waals surface area contributed by atoms with Crippen LogP contribution in [-0.2, 0) is 4.79 Å². The summed E-state index contributed by atoms with van der Waals surface area (Å²) in [5, 5.41) is 2.87. The smallest absolute Gasteiger partial charge is 0.224 e. The average Bonchev–Trinajstić information content (AvgIpc) is 2.05. The van der Waals surface area contributed by atoms with Crippen molar-refractivity contribution >= 4 is 5.91 Å². The van der Waals surface area contributed by atoms with E-state index in [2.05, 4.69) is 24.4 Å². The highest BCUT2D eigenvalue weighted by atomic mass is 16.1. The first-order valence-corrected chi connectivity index (χ1v) is 4.43. The molecule has 1 aliphatic heterocycles. The van der Waals surface area contributed by atoms with Crippen LogP contribution in [0.1, 0.15) is 33.1 Å². The van der Waals surface area contributed by atoms with Gasteiger partial charge in [-0.05, 0) is 25.3 Å². The van der Waals surface area contributed by atoms with Gasteiger partial charge in [-0.3, -0.25) is 4.79 Å². The zero-order valence-corrected chi connectivity index (χ0v) is 7.68. The zero-order chi connectivity index (χ0) is 8.97. The van der Waals surface area contributed by atoms with Crippen LogP contribution in [0.25, 0.3) is 0 Å². The number of nitrogens with one attached hydrogen (secondary N) is 1. The molecule has 12 heavy (non-hydrogen) atoms. The van der Waals surface area contributed by atoms with Crippen molar-refractivity contribution in [3.63, 3.8) is 0 Å². The lowest BCUT2D eigenvalue weighted by atomic mass is 10.0. The molecular formula is C10H15NO. The first kappa shape index (κ1) is 9.04. The number of piperidine rings is 1. The molecule has 0 aromatic rings. The van der Waals surface area contributed by atoms with Gasteiger partial charge in [0, 0.05) is 12.1 Å². The molecule has 0 radical (unpaired) electrons. The Bertz CT molecular complexity index is 238. The van der Waals surface area contributed by atoms with Gasteiger partial charge in [0.2, 0.25) is 5.91 Å². The van der Waals surface area contributed by atoms with Crippen LogP contribution >= 0.6 is 0 Å². The summed E-state index contributed by atoms with van der Waals surface area (Å²) in [4.78, 5) is 11.0. The van der Waals surface area contributed by atoms with Crippen LogP contribution in [0, 0.1) is 0 Å². The van der Waals surface area contributed by atoms with E-state index >= 15 is 0 Å². The second-order valence-corrected chi connectivity index (χ2v) is 2.89. The van der Waals surface area contributed by atoms with Crippen molar-refractivity contribution in [2.45, 2.75) is 33.1 Å². The Hall–Kier alpha value is -1.05. The summed E-state index contributed by atoms with van der Waals surface area (Å²) in [6.45, 7) is 4.08. The largest absolute Gasteiger partial charge is 0.326 e. The van der Waals surface area contributed by atoms with E-state index in [1.807, 2.05) is 6.92 Å². The van der Waals surface area contributed by atoms with E-state index < -0.39 is 0 Å². The molecule has 0 bridgehead atoms. The van der Waals surface area contributed by atoms with Crippen molar-refractivity contribution in [2.24, 2.45) is 0 Å². The first-order chi connectivity index (χ1) is 5.77. The van der Waals surface area contributed by atoms with E-state index in [-0.39, 0.29) is 5.91 Å². The fraction of sp³-hybridized carbons (Fsp3) is 0.500. The fourth-order valence-electron chi connectivity index (χ4n) is 1.36. The van der Waals surface area contributed by atoms with E-state index in [0.717, 1.165) is 18.5 Å². The van der Waals surface area contributed by atoms with Gasteiger partial charge in [-0.25, -0.2) is 0 Å². The lowest BCUT2D eigenvalue weighted by Gasteiger charge is -2.18. The van der Waals surface area contributed by atoms with Crippen LogP contribution in [0.5, 0.6) is 0 Å². The number of carbonyl (C=O) groups is 1. The molecule has 0 aliphatic carbocycles. The molecule has 0 aromatic heterocycles. The highest BCUT2D eigenvalue weighted by molar-refractivity contribution is 5.81. The minimum atomic E-state index is 0.139. The maximum absolute atomic E-state index is 11.0. The number of amides is 1. The molecule has 0 aromatic carbocycles. The summed E-state index contributed by atoms with van der Waals surface area (Å²) in [6.07, 6.45) is 6.61. The zero-order valence-electron chi connectivity index (χ0n) is 7.68. The predicted octanol–water partition coefficient (Wildman–Crippen LogP) is 2.14. The van der Waals surface area contributed by atoms with Crippen molar-refractivity contribution in [1.82, 2.24) is 5.32 Å². The minimum Gasteiger partial charge on any atom is -0.326 e. The number of hydrogen-bond donors (Lipinski definition) is 1. The molecule has 1 rings (SSSR count). The maximum atomic E-state index is 11.0. The minimum absolute atomic E-state index is 0.139. The third-order valence-corrected chi connectivity index (χ3v) is 2.00. The lowest BCUT2D eigenvalue weighted by molar-refractivity contribution is -0.120. The molecule has 0 saturated carbocycles. The molecule has 1 heterocycles. The normalized spacial score (nSPS) is 24.7. The van der Waals surface area contributed by atoms with Crippen LogP contribution in [0.15, 0.2) is 23.4 Å². The van der Waals surface area contributed by atoms with Gasteiger partial charge in [0.1, 0.15) is 0 Å². The molecular weight excluding hydrogens is 150 g/mol. The third-order valence-electron chi connectivity index (χ3n) is 2.00. The quantitative estimate of drug-likeness (QED) is 0.633. The Labute approximate surface area is 73.4 Å². The maximum Gasteiger partial charge on any atom is 0.224 e. The monoisotopic (exact) mass is 165 g/mol. The second-order valence-electron chi connectivity index (χ2n) is 2.89. The Balaban J connectivity index is 2.78. The van der Waals surface area contributed by atoms with Gasteiger partial charge >= 0.3 is 0 Å². The fourth-order valence-corrected chi connectivity index (χ4v) is 1.36. The highest BCUT2D eigenvalue weighted by Crippen LogP contribution is 2.19. The van der Waals surface area contributed by atoms with E-state index in [4.69, 9.17) is 0 Å². The van der Waals surface area contributed by atoms with Crippen LogP contribution in [0.2, 0.25) is 0 Å². The number of hydrogen-bond acceptors (Lipinski definition) is 1. The van der Waals surface area contributed by atoms with E-state index in [0.29, 0.717) is 6.42 Å². The molecule has 1 fully saturated rings. The Kier molecular flexibility index (Phi) is 3.09. The predicted molar refractivity (Wildman–Crippen MR) is 49.5 cm³/mol. The summed E-state index contributed by atoms with van der Waals surface area (Å²) in [6, 6.07) is 0. The molecule has 0 atom stereocenters. The summed E-state index contributed by atoms with van der Waals surface area (Å²) in [5.74, 6) is 0.139. The molecule has 0 unspecified atom stereocenters. The molecule has 1 saturated heterocycles.